The maximum Gasteiger partial charge on any atom is 0.360 e. The fraction of sp³-hybridized carbons (Fsp3) is 0.167. The highest BCUT2D eigenvalue weighted by Crippen LogP contribution is 2.24. The monoisotopic (exact) mass is 262 g/mol. The van der Waals surface area contributed by atoms with Crippen LogP contribution in [0.15, 0.2) is 34.9 Å². The van der Waals surface area contributed by atoms with Gasteiger partial charge in [0.2, 0.25) is 0 Å². The second kappa shape index (κ2) is 5.30. The van der Waals surface area contributed by atoms with Crippen LogP contribution in [0.5, 0.6) is 0 Å². The van der Waals surface area contributed by atoms with Gasteiger partial charge in [-0.2, -0.15) is 0 Å². The van der Waals surface area contributed by atoms with E-state index in [9.17, 15) is 14.9 Å². The molecule has 0 atom stereocenters. The van der Waals surface area contributed by atoms with E-state index in [-0.39, 0.29) is 23.7 Å². The number of hydrogen-bond donors (Lipinski definition) is 0. The summed E-state index contributed by atoms with van der Waals surface area (Å²) < 4.78 is 9.75. The van der Waals surface area contributed by atoms with Gasteiger partial charge in [0.25, 0.3) is 5.69 Å². The first-order chi connectivity index (χ1) is 9.11. The van der Waals surface area contributed by atoms with Gasteiger partial charge >= 0.3 is 5.97 Å². The summed E-state index contributed by atoms with van der Waals surface area (Å²) in [6.07, 6.45) is 0. The van der Waals surface area contributed by atoms with Crippen molar-refractivity contribution in [2.75, 3.05) is 6.61 Å². The highest BCUT2D eigenvalue weighted by atomic mass is 16.6. The topological polar surface area (TPSA) is 95.5 Å². The van der Waals surface area contributed by atoms with Crippen LogP contribution in [-0.4, -0.2) is 22.7 Å². The van der Waals surface area contributed by atoms with Gasteiger partial charge in [0.05, 0.1) is 11.5 Å². The summed E-state index contributed by atoms with van der Waals surface area (Å²) in [6, 6.07) is 7.25. The van der Waals surface area contributed by atoms with E-state index < -0.39 is 10.9 Å². The van der Waals surface area contributed by atoms with Crippen molar-refractivity contribution in [3.63, 3.8) is 0 Å². The maximum absolute atomic E-state index is 11.4. The Morgan fingerprint density at radius 3 is 2.95 bits per heavy atom. The van der Waals surface area contributed by atoms with Crippen molar-refractivity contribution in [2.24, 2.45) is 0 Å². The number of carbonyl (C=O) groups excluding carboxylic acids is 1. The number of esters is 1. The Balaban J connectivity index is 2.30. The SMILES string of the molecule is CCOC(=O)c1cc(-c2cccc([N+](=O)[O-])c2)on1. The normalized spacial score (nSPS) is 10.2. The minimum Gasteiger partial charge on any atom is -0.461 e. The van der Waals surface area contributed by atoms with E-state index >= 15 is 0 Å². The number of nitro benzene ring substituents is 1. The molecule has 1 heterocycles. The van der Waals surface area contributed by atoms with Crippen molar-refractivity contribution in [2.45, 2.75) is 6.92 Å². The fourth-order valence-corrected chi connectivity index (χ4v) is 1.49. The molecule has 19 heavy (non-hydrogen) atoms. The lowest BCUT2D eigenvalue weighted by Gasteiger charge is -1.95. The van der Waals surface area contributed by atoms with E-state index in [1.54, 1.807) is 13.0 Å². The third kappa shape index (κ3) is 2.76. The number of rotatable bonds is 4. The number of hydrogen-bond acceptors (Lipinski definition) is 6. The van der Waals surface area contributed by atoms with Crippen LogP contribution in [-0.2, 0) is 4.74 Å². The van der Waals surface area contributed by atoms with Crippen molar-refractivity contribution in [3.8, 4) is 11.3 Å². The Hall–Kier alpha value is -2.70. The molecule has 7 heteroatoms. The number of nitro groups is 1. The van der Waals surface area contributed by atoms with E-state index in [0.29, 0.717) is 5.56 Å². The molecule has 0 saturated carbocycles. The predicted molar refractivity (Wildman–Crippen MR) is 64.5 cm³/mol. The number of carbonyl (C=O) groups is 1. The van der Waals surface area contributed by atoms with Crippen LogP contribution >= 0.6 is 0 Å². The molecule has 0 saturated heterocycles. The number of nitrogens with zero attached hydrogens (tertiary/aromatic N) is 2. The van der Waals surface area contributed by atoms with Gasteiger partial charge in [0.1, 0.15) is 0 Å². The maximum atomic E-state index is 11.4. The lowest BCUT2D eigenvalue weighted by atomic mass is 10.1. The average Bonchev–Trinajstić information content (AvgIpc) is 2.89. The molecule has 0 aliphatic heterocycles. The quantitative estimate of drug-likeness (QED) is 0.477. The molecule has 2 aromatic rings. The van der Waals surface area contributed by atoms with Gasteiger partial charge in [0, 0.05) is 23.8 Å². The molecule has 0 radical (unpaired) electrons. The van der Waals surface area contributed by atoms with E-state index in [0.717, 1.165) is 0 Å². The Morgan fingerprint density at radius 1 is 1.47 bits per heavy atom. The van der Waals surface area contributed by atoms with Crippen LogP contribution < -0.4 is 0 Å². The summed E-state index contributed by atoms with van der Waals surface area (Å²) in [4.78, 5) is 21.6. The second-order valence-corrected chi connectivity index (χ2v) is 3.60. The summed E-state index contributed by atoms with van der Waals surface area (Å²) in [7, 11) is 0. The van der Waals surface area contributed by atoms with E-state index in [2.05, 4.69) is 5.16 Å². The van der Waals surface area contributed by atoms with Gasteiger partial charge in [-0.25, -0.2) is 4.79 Å². The van der Waals surface area contributed by atoms with Gasteiger partial charge in [0.15, 0.2) is 11.5 Å². The molecular weight excluding hydrogens is 252 g/mol. The molecule has 0 unspecified atom stereocenters. The molecule has 7 nitrogen and oxygen atoms in total. The largest absolute Gasteiger partial charge is 0.461 e. The third-order valence-electron chi connectivity index (χ3n) is 2.34. The van der Waals surface area contributed by atoms with Crippen molar-refractivity contribution in [1.82, 2.24) is 5.16 Å². The zero-order valence-electron chi connectivity index (χ0n) is 10.0. The predicted octanol–water partition coefficient (Wildman–Crippen LogP) is 2.43. The molecule has 0 aliphatic carbocycles. The molecule has 0 N–H and O–H groups in total. The van der Waals surface area contributed by atoms with Gasteiger partial charge in [-0.05, 0) is 6.92 Å². The number of aromatic nitrogens is 1. The standard InChI is InChI=1S/C12H10N2O5/c1-2-18-12(15)10-7-11(19-13-10)8-4-3-5-9(6-8)14(16)17/h3-7H,2H2,1H3. The van der Waals surface area contributed by atoms with Crippen molar-refractivity contribution in [1.29, 1.82) is 0 Å². The molecule has 0 bridgehead atoms. The molecule has 98 valence electrons. The molecule has 1 aromatic heterocycles. The molecule has 0 aliphatic rings. The lowest BCUT2D eigenvalue weighted by Crippen LogP contribution is -2.04. The van der Waals surface area contributed by atoms with Crippen LogP contribution in [0.1, 0.15) is 17.4 Å². The van der Waals surface area contributed by atoms with E-state index in [1.807, 2.05) is 0 Å². The zero-order valence-corrected chi connectivity index (χ0v) is 10.0. The van der Waals surface area contributed by atoms with Gasteiger partial charge in [-0.15, -0.1) is 0 Å². The zero-order chi connectivity index (χ0) is 13.8. The minimum absolute atomic E-state index is 0.0309. The molecular formula is C12H10N2O5. The fourth-order valence-electron chi connectivity index (χ4n) is 1.49. The van der Waals surface area contributed by atoms with Crippen LogP contribution in [0.3, 0.4) is 0 Å². The Morgan fingerprint density at radius 2 is 2.26 bits per heavy atom. The average molecular weight is 262 g/mol. The van der Waals surface area contributed by atoms with Crippen molar-refractivity contribution < 1.29 is 19.0 Å². The summed E-state index contributed by atoms with van der Waals surface area (Å²) >= 11 is 0. The number of benzene rings is 1. The van der Waals surface area contributed by atoms with Gasteiger partial charge in [-0.1, -0.05) is 17.3 Å². The highest BCUT2D eigenvalue weighted by Gasteiger charge is 2.16. The minimum atomic E-state index is -0.595. The summed E-state index contributed by atoms with van der Waals surface area (Å²) in [5.74, 6) is -0.324. The molecule has 2 rings (SSSR count). The summed E-state index contributed by atoms with van der Waals surface area (Å²) in [6.45, 7) is 1.91. The van der Waals surface area contributed by atoms with Gasteiger partial charge < -0.3 is 9.26 Å². The Kier molecular flexibility index (Phi) is 3.56. The van der Waals surface area contributed by atoms with E-state index in [4.69, 9.17) is 9.26 Å². The molecule has 0 spiro atoms. The van der Waals surface area contributed by atoms with Crippen LogP contribution in [0.2, 0.25) is 0 Å². The molecule has 1 aromatic carbocycles. The molecule has 0 amide bonds. The first-order valence-electron chi connectivity index (χ1n) is 5.50. The summed E-state index contributed by atoms with van der Waals surface area (Å²) in [5, 5.41) is 14.2. The van der Waals surface area contributed by atoms with Crippen molar-refractivity contribution in [3.05, 3.63) is 46.1 Å². The first kappa shape index (κ1) is 12.7. The van der Waals surface area contributed by atoms with Gasteiger partial charge in [-0.3, -0.25) is 10.1 Å². The van der Waals surface area contributed by atoms with Crippen LogP contribution in [0, 0.1) is 10.1 Å². The third-order valence-corrected chi connectivity index (χ3v) is 2.34. The van der Waals surface area contributed by atoms with E-state index in [1.165, 1.54) is 24.3 Å². The Labute approximate surface area is 107 Å². The first-order valence-corrected chi connectivity index (χ1v) is 5.50. The number of ether oxygens (including phenoxy) is 1. The molecule has 0 fully saturated rings. The number of non-ortho nitro benzene ring substituents is 1. The van der Waals surface area contributed by atoms with Crippen LogP contribution in [0.4, 0.5) is 5.69 Å². The van der Waals surface area contributed by atoms with Crippen LogP contribution in [0.25, 0.3) is 11.3 Å². The lowest BCUT2D eigenvalue weighted by molar-refractivity contribution is -0.384. The Bertz CT molecular complexity index is 620. The smallest absolute Gasteiger partial charge is 0.360 e. The van der Waals surface area contributed by atoms with Crippen molar-refractivity contribution >= 4 is 11.7 Å². The highest BCUT2D eigenvalue weighted by molar-refractivity contribution is 5.88. The summed E-state index contributed by atoms with van der Waals surface area (Å²) in [5.41, 5.74) is 0.437. The second-order valence-electron chi connectivity index (χ2n) is 3.60.